The van der Waals surface area contributed by atoms with E-state index >= 15 is 0 Å². The predicted molar refractivity (Wildman–Crippen MR) is 89.8 cm³/mol. The van der Waals surface area contributed by atoms with Crippen LogP contribution in [0.5, 0.6) is 11.5 Å². The smallest absolute Gasteiger partial charge is 0.264 e. The molecule has 0 fully saturated rings. The van der Waals surface area contributed by atoms with Crippen LogP contribution in [0.2, 0.25) is 0 Å². The molecule has 0 atom stereocenters. The summed E-state index contributed by atoms with van der Waals surface area (Å²) in [6.07, 6.45) is 1.51. The second-order valence-electron chi connectivity index (χ2n) is 5.28. The minimum atomic E-state index is 0.155. The van der Waals surface area contributed by atoms with Crippen molar-refractivity contribution < 1.29 is 14.0 Å². The molecule has 0 aliphatic rings. The van der Waals surface area contributed by atoms with Gasteiger partial charge in [-0.3, -0.25) is 0 Å². The molecule has 2 aromatic carbocycles. The van der Waals surface area contributed by atoms with E-state index in [1.807, 2.05) is 48.5 Å². The van der Waals surface area contributed by atoms with Crippen molar-refractivity contribution in [2.45, 2.75) is 6.61 Å². The average molecular weight is 350 g/mol. The molecule has 0 bridgehead atoms. The molecule has 0 spiro atoms. The summed E-state index contributed by atoms with van der Waals surface area (Å²) in [5.41, 5.74) is 1.62. The van der Waals surface area contributed by atoms with E-state index in [-0.39, 0.29) is 6.61 Å². The van der Waals surface area contributed by atoms with Gasteiger partial charge in [0.1, 0.15) is 17.8 Å². The van der Waals surface area contributed by atoms with Crippen molar-refractivity contribution >= 4 is 0 Å². The van der Waals surface area contributed by atoms with Crippen LogP contribution in [0, 0.1) is 0 Å². The van der Waals surface area contributed by atoms with Gasteiger partial charge in [-0.2, -0.15) is 4.98 Å². The van der Waals surface area contributed by atoms with E-state index in [0.717, 1.165) is 17.0 Å². The molecule has 0 saturated carbocycles. The van der Waals surface area contributed by atoms with Gasteiger partial charge in [0.25, 0.3) is 5.89 Å². The van der Waals surface area contributed by atoms with Crippen LogP contribution < -0.4 is 9.47 Å². The van der Waals surface area contributed by atoms with Gasteiger partial charge in [0.2, 0.25) is 5.82 Å². The summed E-state index contributed by atoms with van der Waals surface area (Å²) in [5, 5.41) is 15.0. The minimum absolute atomic E-state index is 0.155. The Morgan fingerprint density at radius 3 is 2.73 bits per heavy atom. The molecule has 0 saturated heterocycles. The van der Waals surface area contributed by atoms with E-state index in [1.54, 1.807) is 11.8 Å². The second kappa shape index (κ2) is 7.01. The van der Waals surface area contributed by atoms with Crippen LogP contribution in [0.4, 0.5) is 0 Å². The van der Waals surface area contributed by atoms with Gasteiger partial charge in [-0.1, -0.05) is 11.2 Å². The van der Waals surface area contributed by atoms with Crippen molar-refractivity contribution in [2.24, 2.45) is 0 Å². The van der Waals surface area contributed by atoms with Crippen molar-refractivity contribution in [3.63, 3.8) is 0 Å². The first-order chi connectivity index (χ1) is 12.8. The first kappa shape index (κ1) is 15.8. The van der Waals surface area contributed by atoms with E-state index in [1.165, 1.54) is 6.33 Å². The number of benzene rings is 2. The van der Waals surface area contributed by atoms with Gasteiger partial charge in [-0.15, -0.1) is 5.10 Å². The fraction of sp³-hybridized carbons (Fsp3) is 0.118. The molecule has 26 heavy (non-hydrogen) atoms. The zero-order chi connectivity index (χ0) is 17.8. The Balaban J connectivity index is 1.44. The van der Waals surface area contributed by atoms with Crippen molar-refractivity contribution in [2.75, 3.05) is 7.11 Å². The summed E-state index contributed by atoms with van der Waals surface area (Å²) in [5.74, 6) is 2.28. The van der Waals surface area contributed by atoms with Gasteiger partial charge in [-0.25, -0.2) is 4.68 Å². The monoisotopic (exact) mass is 350 g/mol. The topological polar surface area (TPSA) is 101 Å². The number of ether oxygens (including phenoxy) is 2. The molecule has 2 heterocycles. The third kappa shape index (κ3) is 3.36. The number of methoxy groups -OCH3 is 1. The molecular formula is C17H14N6O3. The minimum Gasteiger partial charge on any atom is -0.497 e. The molecule has 0 N–H and O–H groups in total. The Morgan fingerprint density at radius 2 is 1.96 bits per heavy atom. The molecule has 2 aromatic heterocycles. The maximum atomic E-state index is 5.72. The number of nitrogens with zero attached hydrogens (tertiary/aromatic N) is 6. The lowest BCUT2D eigenvalue weighted by Crippen LogP contribution is -1.98. The summed E-state index contributed by atoms with van der Waals surface area (Å²) in [4.78, 5) is 4.34. The highest BCUT2D eigenvalue weighted by Gasteiger charge is 2.10. The molecule has 0 radical (unpaired) electrons. The zero-order valence-electron chi connectivity index (χ0n) is 13.8. The zero-order valence-corrected chi connectivity index (χ0v) is 13.8. The van der Waals surface area contributed by atoms with E-state index in [4.69, 9.17) is 14.0 Å². The van der Waals surface area contributed by atoms with Crippen LogP contribution in [0.15, 0.2) is 59.4 Å². The third-order valence-electron chi connectivity index (χ3n) is 3.61. The number of tetrazole rings is 1. The van der Waals surface area contributed by atoms with Crippen LogP contribution >= 0.6 is 0 Å². The van der Waals surface area contributed by atoms with E-state index in [2.05, 4.69) is 25.7 Å². The van der Waals surface area contributed by atoms with Crippen LogP contribution in [0.3, 0.4) is 0 Å². The number of hydrogen-bond donors (Lipinski definition) is 0. The van der Waals surface area contributed by atoms with E-state index < -0.39 is 0 Å². The van der Waals surface area contributed by atoms with E-state index in [0.29, 0.717) is 17.5 Å². The molecule has 0 unspecified atom stereocenters. The van der Waals surface area contributed by atoms with Crippen LogP contribution in [0.25, 0.3) is 17.1 Å². The fourth-order valence-corrected chi connectivity index (χ4v) is 2.31. The largest absolute Gasteiger partial charge is 0.497 e. The first-order valence-electron chi connectivity index (χ1n) is 7.75. The second-order valence-corrected chi connectivity index (χ2v) is 5.28. The lowest BCUT2D eigenvalue weighted by molar-refractivity contribution is 0.243. The molecule has 4 rings (SSSR count). The molecule has 4 aromatic rings. The summed E-state index contributed by atoms with van der Waals surface area (Å²) in [7, 11) is 1.62. The number of aromatic nitrogens is 6. The molecule has 9 nitrogen and oxygen atoms in total. The van der Waals surface area contributed by atoms with Crippen LogP contribution in [-0.4, -0.2) is 37.5 Å². The molecular weight excluding hydrogens is 336 g/mol. The maximum Gasteiger partial charge on any atom is 0.264 e. The third-order valence-corrected chi connectivity index (χ3v) is 3.61. The van der Waals surface area contributed by atoms with Gasteiger partial charge >= 0.3 is 0 Å². The van der Waals surface area contributed by atoms with Crippen molar-refractivity contribution in [3.05, 3.63) is 60.7 Å². The molecule has 130 valence electrons. The van der Waals surface area contributed by atoms with Gasteiger partial charge in [0, 0.05) is 11.6 Å². The number of rotatable bonds is 6. The Hall–Kier alpha value is -3.75. The Kier molecular flexibility index (Phi) is 4.25. The van der Waals surface area contributed by atoms with E-state index in [9.17, 15) is 0 Å². The number of hydrogen-bond acceptors (Lipinski definition) is 8. The highest BCUT2D eigenvalue weighted by Crippen LogP contribution is 2.21. The Bertz CT molecular complexity index is 982. The summed E-state index contributed by atoms with van der Waals surface area (Å²) in [6.45, 7) is 0.155. The predicted octanol–water partition coefficient (Wildman–Crippen LogP) is 2.30. The quantitative estimate of drug-likeness (QED) is 0.522. The first-order valence-corrected chi connectivity index (χ1v) is 7.75. The summed E-state index contributed by atoms with van der Waals surface area (Å²) in [6, 6.07) is 14.8. The highest BCUT2D eigenvalue weighted by atomic mass is 16.5. The van der Waals surface area contributed by atoms with Crippen molar-refractivity contribution in [1.82, 2.24) is 30.3 Å². The Labute approximate surface area is 148 Å². The molecule has 0 aliphatic heterocycles. The normalized spacial score (nSPS) is 10.7. The highest BCUT2D eigenvalue weighted by molar-refractivity contribution is 5.55. The Morgan fingerprint density at radius 1 is 1.08 bits per heavy atom. The van der Waals surface area contributed by atoms with Gasteiger partial charge in [-0.05, 0) is 46.8 Å². The SMILES string of the molecule is COc1ccc(-c2noc(COc3cccc(-n4cnnn4)c3)n2)cc1. The molecule has 0 amide bonds. The van der Waals surface area contributed by atoms with Gasteiger partial charge in [0.15, 0.2) is 6.61 Å². The maximum absolute atomic E-state index is 5.72. The lowest BCUT2D eigenvalue weighted by atomic mass is 10.2. The van der Waals surface area contributed by atoms with Crippen LogP contribution in [0.1, 0.15) is 5.89 Å². The fourth-order valence-electron chi connectivity index (χ4n) is 2.31. The molecule has 9 heteroatoms. The van der Waals surface area contributed by atoms with Gasteiger partial charge < -0.3 is 14.0 Å². The lowest BCUT2D eigenvalue weighted by Gasteiger charge is -2.05. The summed E-state index contributed by atoms with van der Waals surface area (Å²) >= 11 is 0. The van der Waals surface area contributed by atoms with Crippen molar-refractivity contribution in [1.29, 1.82) is 0 Å². The van der Waals surface area contributed by atoms with Crippen LogP contribution in [-0.2, 0) is 6.61 Å². The standard InChI is InChI=1S/C17H14N6O3/c1-24-14-7-5-12(6-8-14)17-19-16(26-20-17)10-25-15-4-2-3-13(9-15)23-11-18-21-22-23/h2-9,11H,10H2,1H3. The average Bonchev–Trinajstić information content (AvgIpc) is 3.39. The van der Waals surface area contributed by atoms with Crippen molar-refractivity contribution in [3.8, 4) is 28.6 Å². The van der Waals surface area contributed by atoms with Gasteiger partial charge in [0.05, 0.1) is 12.8 Å². The summed E-state index contributed by atoms with van der Waals surface area (Å²) < 4.78 is 17.6. The molecule has 0 aliphatic carbocycles.